The van der Waals surface area contributed by atoms with Crippen LogP contribution in [0, 0.1) is 6.92 Å². The number of rotatable bonds is 5. The number of aromatic nitrogens is 4. The number of thioether (sulfide) groups is 1. The first-order valence-corrected chi connectivity index (χ1v) is 6.80. The van der Waals surface area contributed by atoms with Crippen LogP contribution < -0.4 is 5.73 Å². The summed E-state index contributed by atoms with van der Waals surface area (Å²) in [5.41, 5.74) is 7.31. The first kappa shape index (κ1) is 14.3. The number of nitrogens with two attached hydrogens (primary N) is 1. The number of anilines is 1. The average Bonchev–Trinajstić information content (AvgIpc) is 2.82. The second-order valence-electron chi connectivity index (χ2n) is 3.76. The van der Waals surface area contributed by atoms with Crippen molar-refractivity contribution < 1.29 is 14.2 Å². The van der Waals surface area contributed by atoms with E-state index in [1.807, 2.05) is 0 Å². The molecule has 0 aliphatic carbocycles. The van der Waals surface area contributed by atoms with E-state index in [-0.39, 0.29) is 18.0 Å². The van der Waals surface area contributed by atoms with Crippen LogP contribution in [0.2, 0.25) is 0 Å². The minimum absolute atomic E-state index is 0.0935. The van der Waals surface area contributed by atoms with Gasteiger partial charge in [0.15, 0.2) is 5.16 Å². The van der Waals surface area contributed by atoms with E-state index in [1.54, 1.807) is 13.8 Å². The number of carbonyl (C=O) groups is 1. The summed E-state index contributed by atoms with van der Waals surface area (Å²) < 4.78 is 9.44. The summed E-state index contributed by atoms with van der Waals surface area (Å²) in [5, 5.41) is 7.88. The highest BCUT2D eigenvalue weighted by molar-refractivity contribution is 7.98. The largest absolute Gasteiger partial charge is 0.462 e. The van der Waals surface area contributed by atoms with Crippen LogP contribution >= 0.6 is 11.8 Å². The third-order valence-corrected chi connectivity index (χ3v) is 3.25. The van der Waals surface area contributed by atoms with Gasteiger partial charge >= 0.3 is 5.97 Å². The monoisotopic (exact) mass is 295 g/mol. The van der Waals surface area contributed by atoms with Gasteiger partial charge in [-0.15, -0.1) is 0 Å². The molecule has 8 nitrogen and oxygen atoms in total. The molecule has 0 atom stereocenters. The Morgan fingerprint density at radius 3 is 2.90 bits per heavy atom. The molecule has 0 bridgehead atoms. The molecule has 0 amide bonds. The Labute approximate surface area is 119 Å². The van der Waals surface area contributed by atoms with E-state index in [0.717, 1.165) is 0 Å². The maximum absolute atomic E-state index is 11.5. The van der Waals surface area contributed by atoms with Gasteiger partial charge in [0.05, 0.1) is 6.61 Å². The Balaban J connectivity index is 2.05. The zero-order chi connectivity index (χ0) is 14.5. The molecule has 2 rings (SSSR count). The Hall–Kier alpha value is -2.16. The summed E-state index contributed by atoms with van der Waals surface area (Å²) in [6.45, 7) is 3.78. The summed E-state index contributed by atoms with van der Waals surface area (Å²) in [7, 11) is 0. The van der Waals surface area contributed by atoms with Crippen molar-refractivity contribution in [2.24, 2.45) is 0 Å². The summed E-state index contributed by atoms with van der Waals surface area (Å²) in [6, 6.07) is 0. The van der Waals surface area contributed by atoms with Crippen molar-refractivity contribution in [2.45, 2.75) is 24.8 Å². The van der Waals surface area contributed by atoms with E-state index in [9.17, 15) is 4.79 Å². The molecule has 0 aromatic carbocycles. The Morgan fingerprint density at radius 2 is 2.30 bits per heavy atom. The number of nitrogens with zero attached hydrogens (tertiary/aromatic N) is 4. The van der Waals surface area contributed by atoms with Crippen LogP contribution in [0.15, 0.2) is 16.0 Å². The third-order valence-electron chi connectivity index (χ3n) is 2.38. The van der Waals surface area contributed by atoms with Crippen molar-refractivity contribution in [3.8, 4) is 0 Å². The van der Waals surface area contributed by atoms with E-state index in [0.29, 0.717) is 22.3 Å². The predicted octanol–water partition coefficient (Wildman–Crippen LogP) is 1.22. The highest BCUT2D eigenvalue weighted by Gasteiger charge is 2.14. The van der Waals surface area contributed by atoms with Crippen molar-refractivity contribution in [1.82, 2.24) is 20.3 Å². The number of hydrogen-bond acceptors (Lipinski definition) is 9. The molecule has 2 N–H and O–H groups in total. The van der Waals surface area contributed by atoms with Crippen molar-refractivity contribution in [1.29, 1.82) is 0 Å². The topological polar surface area (TPSA) is 117 Å². The molecule has 0 unspecified atom stereocenters. The van der Waals surface area contributed by atoms with Crippen molar-refractivity contribution in [2.75, 3.05) is 12.3 Å². The molecule has 2 aromatic heterocycles. The number of hydrogen-bond donors (Lipinski definition) is 1. The summed E-state index contributed by atoms with van der Waals surface area (Å²) >= 11 is 1.32. The zero-order valence-electron chi connectivity index (χ0n) is 11.0. The minimum atomic E-state index is -0.530. The smallest absolute Gasteiger partial charge is 0.343 e. The molecule has 20 heavy (non-hydrogen) atoms. The second-order valence-corrected chi connectivity index (χ2v) is 4.70. The predicted molar refractivity (Wildman–Crippen MR) is 71.0 cm³/mol. The van der Waals surface area contributed by atoms with Gasteiger partial charge in [-0.3, -0.25) is 0 Å². The fourth-order valence-corrected chi connectivity index (χ4v) is 2.14. The lowest BCUT2D eigenvalue weighted by atomic mass is 10.3. The van der Waals surface area contributed by atoms with Gasteiger partial charge in [-0.05, 0) is 13.8 Å². The number of aryl methyl sites for hydroxylation is 1. The molecule has 2 aromatic rings. The van der Waals surface area contributed by atoms with Gasteiger partial charge in [-0.2, -0.15) is 0 Å². The molecule has 2 heterocycles. The van der Waals surface area contributed by atoms with Gasteiger partial charge in [0.25, 0.3) is 0 Å². The fourth-order valence-electron chi connectivity index (χ4n) is 1.33. The molecule has 0 fully saturated rings. The second kappa shape index (κ2) is 6.33. The normalized spacial score (nSPS) is 10.5. The van der Waals surface area contributed by atoms with E-state index >= 15 is 0 Å². The number of ether oxygens (including phenoxy) is 1. The number of carbonyl (C=O) groups excluding carboxylic acids is 1. The Bertz CT molecular complexity index is 616. The van der Waals surface area contributed by atoms with E-state index < -0.39 is 5.97 Å². The summed E-state index contributed by atoms with van der Waals surface area (Å²) in [4.78, 5) is 19.7. The van der Waals surface area contributed by atoms with Gasteiger partial charge in [-0.1, -0.05) is 22.1 Å². The maximum Gasteiger partial charge on any atom is 0.343 e. The number of esters is 1. The third kappa shape index (κ3) is 3.23. The van der Waals surface area contributed by atoms with Gasteiger partial charge in [0, 0.05) is 11.9 Å². The molecular weight excluding hydrogens is 282 g/mol. The van der Waals surface area contributed by atoms with Crippen molar-refractivity contribution in [3.05, 3.63) is 23.1 Å². The highest BCUT2D eigenvalue weighted by atomic mass is 32.2. The van der Waals surface area contributed by atoms with Crippen molar-refractivity contribution in [3.63, 3.8) is 0 Å². The van der Waals surface area contributed by atoms with Gasteiger partial charge in [-0.25, -0.2) is 19.4 Å². The zero-order valence-corrected chi connectivity index (χ0v) is 11.8. The molecule has 0 saturated carbocycles. The number of nitrogen functional groups attached to an aromatic ring is 1. The van der Waals surface area contributed by atoms with Crippen LogP contribution in [0.3, 0.4) is 0 Å². The molecular formula is C11H13N5O3S. The standard InChI is InChI=1S/C11H13N5O3S/c1-3-18-10(17)7-4-13-11(14-9(7)12)20-5-8-6(2)15-19-16-8/h4H,3,5H2,1-2H3,(H2,12,13,14). The average molecular weight is 295 g/mol. The molecule has 0 radical (unpaired) electrons. The van der Waals surface area contributed by atoms with Crippen molar-refractivity contribution >= 4 is 23.5 Å². The van der Waals surface area contributed by atoms with Crippen LogP contribution in [0.5, 0.6) is 0 Å². The van der Waals surface area contributed by atoms with Crippen LogP contribution in [0.1, 0.15) is 28.7 Å². The molecule has 0 aliphatic rings. The van der Waals surface area contributed by atoms with Gasteiger partial charge in [0.2, 0.25) is 0 Å². The lowest BCUT2D eigenvalue weighted by Crippen LogP contribution is -2.10. The molecule has 106 valence electrons. The van der Waals surface area contributed by atoms with Crippen LogP contribution in [0.4, 0.5) is 5.82 Å². The maximum atomic E-state index is 11.5. The lowest BCUT2D eigenvalue weighted by molar-refractivity contribution is 0.0526. The van der Waals surface area contributed by atoms with Gasteiger partial charge in [0.1, 0.15) is 22.8 Å². The first-order valence-electron chi connectivity index (χ1n) is 5.82. The first-order chi connectivity index (χ1) is 9.61. The Kier molecular flexibility index (Phi) is 4.51. The highest BCUT2D eigenvalue weighted by Crippen LogP contribution is 2.21. The van der Waals surface area contributed by atoms with Gasteiger partial charge < -0.3 is 10.5 Å². The fraction of sp³-hybridized carbons (Fsp3) is 0.364. The molecule has 0 saturated heterocycles. The SMILES string of the molecule is CCOC(=O)c1cnc(SCc2nonc2C)nc1N. The van der Waals surface area contributed by atoms with Crippen LogP contribution in [0.25, 0.3) is 0 Å². The van der Waals surface area contributed by atoms with Crippen LogP contribution in [-0.4, -0.2) is 32.9 Å². The Morgan fingerprint density at radius 1 is 1.50 bits per heavy atom. The van der Waals surface area contributed by atoms with E-state index in [1.165, 1.54) is 18.0 Å². The summed E-state index contributed by atoms with van der Waals surface area (Å²) in [6.07, 6.45) is 1.36. The lowest BCUT2D eigenvalue weighted by Gasteiger charge is -2.05. The molecule has 0 spiro atoms. The minimum Gasteiger partial charge on any atom is -0.462 e. The van der Waals surface area contributed by atoms with Crippen LogP contribution in [-0.2, 0) is 10.5 Å². The summed E-state index contributed by atoms with van der Waals surface area (Å²) in [5.74, 6) is 0.0714. The van der Waals surface area contributed by atoms with E-state index in [4.69, 9.17) is 10.5 Å². The van der Waals surface area contributed by atoms with E-state index in [2.05, 4.69) is 24.9 Å². The molecule has 9 heteroatoms. The quantitative estimate of drug-likeness (QED) is 0.493. The molecule has 0 aliphatic heterocycles.